The van der Waals surface area contributed by atoms with E-state index in [4.69, 9.17) is 4.74 Å². The number of pyridine rings is 1. The lowest BCUT2D eigenvalue weighted by molar-refractivity contribution is -0.706. The predicted molar refractivity (Wildman–Crippen MR) is 124 cm³/mol. The van der Waals surface area contributed by atoms with E-state index in [1.54, 1.807) is 4.90 Å². The lowest BCUT2D eigenvalue weighted by Gasteiger charge is -2.47. The topological polar surface area (TPSA) is 103 Å². The molecule has 3 saturated heterocycles. The molecule has 0 spiro atoms. The first kappa shape index (κ1) is 23.1. The third-order valence-electron chi connectivity index (χ3n) is 9.35. The fraction of sp³-hybridized carbons (Fsp3) is 0.692. The Morgan fingerprint density at radius 3 is 2.74 bits per heavy atom. The molecule has 0 radical (unpaired) electrons. The number of nitrogens with one attached hydrogen (secondary N) is 1. The number of rotatable bonds is 4. The Balaban J connectivity index is 1.28. The highest BCUT2D eigenvalue weighted by Crippen LogP contribution is 2.52. The number of aromatic nitrogens is 1. The van der Waals surface area contributed by atoms with Crippen molar-refractivity contribution in [3.8, 4) is 0 Å². The van der Waals surface area contributed by atoms with E-state index in [2.05, 4.69) is 21.7 Å². The number of ether oxygens (including phenoxy) is 1. The number of fused-ring (bicyclic) bond motifs is 5. The van der Waals surface area contributed by atoms with Crippen molar-refractivity contribution in [1.29, 1.82) is 0 Å². The minimum atomic E-state index is -0.936. The van der Waals surface area contributed by atoms with Gasteiger partial charge in [0.1, 0.15) is 18.2 Å². The van der Waals surface area contributed by atoms with Crippen LogP contribution in [0.15, 0.2) is 12.1 Å². The zero-order chi connectivity index (χ0) is 24.4. The maximum Gasteiger partial charge on any atom is 0.261 e. The summed E-state index contributed by atoms with van der Waals surface area (Å²) in [6, 6.07) is 3.12. The lowest BCUT2D eigenvalue weighted by atomic mass is 9.66. The van der Waals surface area contributed by atoms with Crippen LogP contribution < -0.4 is 9.88 Å². The standard InChI is InChI=1S/C26H34N4O5/c1-2-25-15-28(13-17-7-11-35-12-8-17)10-9-26(25,34)21-5-3-18-20(30(21)16-25)14-29(24(18)33)19-4-6-22(31)27-23(19)32/h3,5,17,19,34H,2,4,6-16H2,1H3/p+1. The zero-order valence-corrected chi connectivity index (χ0v) is 20.4. The van der Waals surface area contributed by atoms with E-state index < -0.39 is 17.6 Å². The van der Waals surface area contributed by atoms with Gasteiger partial charge in [0.25, 0.3) is 5.91 Å². The van der Waals surface area contributed by atoms with E-state index in [0.29, 0.717) is 37.4 Å². The molecular weight excluding hydrogens is 448 g/mol. The van der Waals surface area contributed by atoms with Gasteiger partial charge in [0.2, 0.25) is 23.2 Å². The molecule has 9 nitrogen and oxygen atoms in total. The minimum absolute atomic E-state index is 0.168. The number of nitrogens with zero attached hydrogens (tertiary/aromatic N) is 3. The monoisotopic (exact) mass is 483 g/mol. The smallest absolute Gasteiger partial charge is 0.261 e. The lowest BCUT2D eigenvalue weighted by Crippen LogP contribution is -2.57. The van der Waals surface area contributed by atoms with E-state index in [1.807, 2.05) is 12.1 Å². The van der Waals surface area contributed by atoms with Crippen molar-refractivity contribution in [3.63, 3.8) is 0 Å². The van der Waals surface area contributed by atoms with Crippen molar-refractivity contribution >= 4 is 17.7 Å². The molecule has 35 heavy (non-hydrogen) atoms. The number of carbonyl (C=O) groups is 3. The Morgan fingerprint density at radius 2 is 2.00 bits per heavy atom. The van der Waals surface area contributed by atoms with Gasteiger partial charge in [-0.25, -0.2) is 0 Å². The molecule has 5 aliphatic heterocycles. The first-order valence-corrected chi connectivity index (χ1v) is 13.1. The van der Waals surface area contributed by atoms with Gasteiger partial charge in [-0.2, -0.15) is 4.57 Å². The molecule has 0 aliphatic carbocycles. The van der Waals surface area contributed by atoms with E-state index >= 15 is 0 Å². The summed E-state index contributed by atoms with van der Waals surface area (Å²) in [5.41, 5.74) is 1.12. The highest BCUT2D eigenvalue weighted by atomic mass is 16.5. The first-order valence-electron chi connectivity index (χ1n) is 13.1. The van der Waals surface area contributed by atoms with E-state index in [9.17, 15) is 19.5 Å². The third kappa shape index (κ3) is 3.46. The van der Waals surface area contributed by atoms with Gasteiger partial charge in [-0.3, -0.25) is 19.7 Å². The van der Waals surface area contributed by atoms with Gasteiger partial charge < -0.3 is 19.6 Å². The molecule has 1 aromatic heterocycles. The average molecular weight is 484 g/mol. The molecule has 0 aromatic carbocycles. The number of carbonyl (C=O) groups excluding carboxylic acids is 3. The van der Waals surface area contributed by atoms with Crippen LogP contribution in [0.2, 0.25) is 0 Å². The summed E-state index contributed by atoms with van der Waals surface area (Å²) in [6.45, 7) is 7.57. The highest BCUT2D eigenvalue weighted by Gasteiger charge is 2.65. The number of hydrogen-bond acceptors (Lipinski definition) is 6. The molecule has 6 rings (SSSR count). The van der Waals surface area contributed by atoms with Crippen molar-refractivity contribution in [2.45, 2.75) is 70.2 Å². The maximum absolute atomic E-state index is 13.3. The molecule has 0 bridgehead atoms. The van der Waals surface area contributed by atoms with Crippen molar-refractivity contribution < 1.29 is 28.8 Å². The number of hydrogen-bond donors (Lipinski definition) is 2. The number of imide groups is 1. The van der Waals surface area contributed by atoms with Crippen LogP contribution in [0.3, 0.4) is 0 Å². The quantitative estimate of drug-likeness (QED) is 0.477. The summed E-state index contributed by atoms with van der Waals surface area (Å²) in [4.78, 5) is 41.5. The van der Waals surface area contributed by atoms with Gasteiger partial charge in [0.15, 0.2) is 12.1 Å². The second-order valence-electron chi connectivity index (χ2n) is 11.1. The fourth-order valence-corrected chi connectivity index (χ4v) is 7.24. The van der Waals surface area contributed by atoms with Gasteiger partial charge in [-0.1, -0.05) is 6.92 Å². The average Bonchev–Trinajstić information content (AvgIpc) is 3.32. The van der Waals surface area contributed by atoms with Crippen LogP contribution in [0.4, 0.5) is 0 Å². The molecule has 9 heteroatoms. The fourth-order valence-electron chi connectivity index (χ4n) is 7.24. The summed E-state index contributed by atoms with van der Waals surface area (Å²) < 4.78 is 7.71. The Kier molecular flexibility index (Phi) is 5.50. The molecule has 6 heterocycles. The van der Waals surface area contributed by atoms with Crippen LogP contribution in [-0.4, -0.2) is 71.5 Å². The highest BCUT2D eigenvalue weighted by molar-refractivity contribution is 6.05. The zero-order valence-electron chi connectivity index (χ0n) is 20.4. The molecule has 3 amide bonds. The molecule has 5 aliphatic rings. The molecule has 3 unspecified atom stereocenters. The summed E-state index contributed by atoms with van der Waals surface area (Å²) in [6.07, 6.45) is 4.30. The molecule has 2 N–H and O–H groups in total. The summed E-state index contributed by atoms with van der Waals surface area (Å²) in [7, 11) is 0. The molecule has 3 atom stereocenters. The Hall–Kier alpha value is -2.36. The van der Waals surface area contributed by atoms with Gasteiger partial charge in [-0.15, -0.1) is 0 Å². The maximum atomic E-state index is 13.3. The number of aliphatic hydroxyl groups is 1. The third-order valence-corrected chi connectivity index (χ3v) is 9.35. The molecule has 3 fully saturated rings. The number of amides is 3. The van der Waals surface area contributed by atoms with Crippen molar-refractivity contribution in [2.24, 2.45) is 11.3 Å². The molecular formula is C26H35N4O5+. The van der Waals surface area contributed by atoms with Crippen LogP contribution in [-0.2, 0) is 33.0 Å². The van der Waals surface area contributed by atoms with Crippen molar-refractivity contribution in [1.82, 2.24) is 15.1 Å². The molecule has 188 valence electrons. The Bertz CT molecular complexity index is 1090. The van der Waals surface area contributed by atoms with E-state index in [-0.39, 0.29) is 23.7 Å². The van der Waals surface area contributed by atoms with Crippen molar-refractivity contribution in [3.05, 3.63) is 29.1 Å². The largest absolute Gasteiger partial charge is 0.381 e. The van der Waals surface area contributed by atoms with Crippen LogP contribution in [0.25, 0.3) is 0 Å². The second kappa shape index (κ2) is 8.35. The second-order valence-corrected chi connectivity index (χ2v) is 11.1. The number of piperidine rings is 2. The van der Waals surface area contributed by atoms with Gasteiger partial charge in [0, 0.05) is 45.3 Å². The summed E-state index contributed by atoms with van der Waals surface area (Å²) >= 11 is 0. The SMILES string of the molecule is CCC12CN(CC3CCOCC3)CCC1(O)c1ccc3c([n+]1C2)CN(C1CCC(=O)NC1=O)C3=O. The van der Waals surface area contributed by atoms with Crippen LogP contribution in [0, 0.1) is 11.3 Å². The summed E-state index contributed by atoms with van der Waals surface area (Å²) in [5, 5.41) is 14.5. The normalized spacial score (nSPS) is 33.5. The molecule has 1 aromatic rings. The van der Waals surface area contributed by atoms with Gasteiger partial charge in [0.05, 0.1) is 5.41 Å². The minimum Gasteiger partial charge on any atom is -0.381 e. The first-order chi connectivity index (χ1) is 16.8. The van der Waals surface area contributed by atoms with Crippen molar-refractivity contribution in [2.75, 3.05) is 32.8 Å². The van der Waals surface area contributed by atoms with Crippen LogP contribution >= 0.6 is 0 Å². The summed E-state index contributed by atoms with van der Waals surface area (Å²) in [5.74, 6) is -0.208. The van der Waals surface area contributed by atoms with Gasteiger partial charge >= 0.3 is 0 Å². The Morgan fingerprint density at radius 1 is 1.20 bits per heavy atom. The van der Waals surface area contributed by atoms with Gasteiger partial charge in [-0.05, 0) is 44.1 Å². The Labute approximate surface area is 205 Å². The van der Waals surface area contributed by atoms with E-state index in [0.717, 1.165) is 63.5 Å². The van der Waals surface area contributed by atoms with Crippen LogP contribution in [0.5, 0.6) is 0 Å². The number of likely N-dealkylation sites (tertiary alicyclic amines) is 1. The van der Waals surface area contributed by atoms with Crippen LogP contribution in [0.1, 0.15) is 67.2 Å². The molecule has 0 saturated carbocycles. The predicted octanol–water partition coefficient (Wildman–Crippen LogP) is 0.465. The van der Waals surface area contributed by atoms with E-state index in [1.165, 1.54) is 0 Å².